The number of hydrogen-bond acceptors (Lipinski definition) is 4. The van der Waals surface area contributed by atoms with Crippen LogP contribution in [0.3, 0.4) is 0 Å². The van der Waals surface area contributed by atoms with Crippen molar-refractivity contribution < 1.29 is 18.0 Å². The molecule has 0 aromatic heterocycles. The molecule has 1 heterocycles. The quantitative estimate of drug-likeness (QED) is 0.853. The van der Waals surface area contributed by atoms with Crippen molar-refractivity contribution in [2.45, 2.75) is 4.90 Å². The van der Waals surface area contributed by atoms with Gasteiger partial charge in [0.1, 0.15) is 11.4 Å². The van der Waals surface area contributed by atoms with Crippen LogP contribution in [0.4, 0.5) is 4.79 Å². The SMILES string of the molecule is O=C1CN(S(=O)(=O)c2cc3ccccc3cc2Cl)C(=O)N1. The van der Waals surface area contributed by atoms with Crippen LogP contribution in [0.1, 0.15) is 0 Å². The van der Waals surface area contributed by atoms with Gasteiger partial charge in [0, 0.05) is 0 Å². The summed E-state index contributed by atoms with van der Waals surface area (Å²) in [5, 5.41) is 3.38. The maximum atomic E-state index is 12.5. The molecule has 0 spiro atoms. The normalized spacial score (nSPS) is 15.6. The number of urea groups is 1. The van der Waals surface area contributed by atoms with Gasteiger partial charge in [-0.25, -0.2) is 17.5 Å². The topological polar surface area (TPSA) is 83.6 Å². The van der Waals surface area contributed by atoms with Gasteiger partial charge in [0.25, 0.3) is 10.0 Å². The summed E-state index contributed by atoms with van der Waals surface area (Å²) in [6.45, 7) is -0.537. The van der Waals surface area contributed by atoms with Crippen molar-refractivity contribution in [3.05, 3.63) is 41.4 Å². The number of carbonyl (C=O) groups is 2. The highest BCUT2D eigenvalue weighted by Gasteiger charge is 2.38. The molecular weight excluding hydrogens is 316 g/mol. The molecule has 0 saturated carbocycles. The lowest BCUT2D eigenvalue weighted by Gasteiger charge is -2.15. The third-order valence-corrected chi connectivity index (χ3v) is 5.32. The van der Waals surface area contributed by atoms with Crippen LogP contribution >= 0.6 is 11.6 Å². The predicted octanol–water partition coefficient (Wildman–Crippen LogP) is 1.73. The van der Waals surface area contributed by atoms with Crippen molar-refractivity contribution in [3.63, 3.8) is 0 Å². The molecule has 2 aromatic carbocycles. The molecule has 0 aliphatic carbocycles. The van der Waals surface area contributed by atoms with Gasteiger partial charge in [-0.15, -0.1) is 0 Å². The van der Waals surface area contributed by atoms with E-state index in [1.807, 2.05) is 5.32 Å². The fourth-order valence-corrected chi connectivity index (χ4v) is 3.96. The van der Waals surface area contributed by atoms with Crippen molar-refractivity contribution in [1.29, 1.82) is 0 Å². The zero-order chi connectivity index (χ0) is 15.2. The molecule has 6 nitrogen and oxygen atoms in total. The third-order valence-electron chi connectivity index (χ3n) is 3.13. The summed E-state index contributed by atoms with van der Waals surface area (Å²) in [5.41, 5.74) is 0. The molecule has 2 aromatic rings. The number of imide groups is 1. The number of hydrogen-bond donors (Lipinski definition) is 1. The van der Waals surface area contributed by atoms with E-state index in [1.165, 1.54) is 12.1 Å². The number of fused-ring (bicyclic) bond motifs is 1. The third kappa shape index (κ3) is 2.24. The maximum absolute atomic E-state index is 12.5. The van der Waals surface area contributed by atoms with Gasteiger partial charge in [-0.1, -0.05) is 35.9 Å². The summed E-state index contributed by atoms with van der Waals surface area (Å²) >= 11 is 6.03. The molecule has 21 heavy (non-hydrogen) atoms. The summed E-state index contributed by atoms with van der Waals surface area (Å²) in [6, 6.07) is 9.04. The van der Waals surface area contributed by atoms with E-state index in [-0.39, 0.29) is 9.92 Å². The Labute approximate surface area is 125 Å². The van der Waals surface area contributed by atoms with Gasteiger partial charge in [-0.05, 0) is 22.9 Å². The second-order valence-corrected chi connectivity index (χ2v) is 6.73. The Hall–Kier alpha value is -2.12. The van der Waals surface area contributed by atoms with Crippen molar-refractivity contribution in [1.82, 2.24) is 9.62 Å². The molecule has 0 bridgehead atoms. The lowest BCUT2D eigenvalue weighted by molar-refractivity contribution is -0.118. The van der Waals surface area contributed by atoms with E-state index in [9.17, 15) is 18.0 Å². The highest BCUT2D eigenvalue weighted by Crippen LogP contribution is 2.30. The number of nitrogens with zero attached hydrogens (tertiary/aromatic N) is 1. The Morgan fingerprint density at radius 2 is 1.71 bits per heavy atom. The molecule has 0 unspecified atom stereocenters. The van der Waals surface area contributed by atoms with Crippen molar-refractivity contribution >= 4 is 44.3 Å². The minimum atomic E-state index is -4.17. The van der Waals surface area contributed by atoms with E-state index in [2.05, 4.69) is 0 Å². The molecule has 1 N–H and O–H groups in total. The molecule has 3 rings (SSSR count). The Morgan fingerprint density at radius 3 is 2.29 bits per heavy atom. The molecule has 3 amide bonds. The summed E-state index contributed by atoms with van der Waals surface area (Å²) in [5.74, 6) is -0.666. The van der Waals surface area contributed by atoms with Gasteiger partial charge in [0.05, 0.1) is 5.02 Å². The number of rotatable bonds is 2. The van der Waals surface area contributed by atoms with Crippen molar-refractivity contribution in [3.8, 4) is 0 Å². The zero-order valence-corrected chi connectivity index (χ0v) is 12.1. The van der Waals surface area contributed by atoms with Crippen LogP contribution in [0.2, 0.25) is 5.02 Å². The molecule has 8 heteroatoms. The van der Waals surface area contributed by atoms with Crippen LogP contribution in [0.15, 0.2) is 41.3 Å². The maximum Gasteiger partial charge on any atom is 0.338 e. The van der Waals surface area contributed by atoms with Gasteiger partial charge in [-0.3, -0.25) is 10.1 Å². The fourth-order valence-electron chi connectivity index (χ4n) is 2.13. The number of amides is 3. The molecular formula is C13H9ClN2O4S. The van der Waals surface area contributed by atoms with E-state index in [0.717, 1.165) is 5.39 Å². The van der Waals surface area contributed by atoms with Crippen molar-refractivity contribution in [2.75, 3.05) is 6.54 Å². The van der Waals surface area contributed by atoms with E-state index in [4.69, 9.17) is 11.6 Å². The first-order valence-corrected chi connectivity index (χ1v) is 7.76. The van der Waals surface area contributed by atoms with Gasteiger partial charge in [0.15, 0.2) is 0 Å². The van der Waals surface area contributed by atoms with Crippen LogP contribution in [0.5, 0.6) is 0 Å². The Kier molecular flexibility index (Phi) is 3.11. The second-order valence-electron chi connectivity index (χ2n) is 4.49. The fraction of sp³-hybridized carbons (Fsp3) is 0.0769. The summed E-state index contributed by atoms with van der Waals surface area (Å²) in [4.78, 5) is 22.5. The van der Waals surface area contributed by atoms with Crippen LogP contribution in [-0.4, -0.2) is 31.2 Å². The van der Waals surface area contributed by atoms with E-state index in [1.54, 1.807) is 24.3 Å². The van der Waals surface area contributed by atoms with Crippen LogP contribution in [0.25, 0.3) is 10.8 Å². The summed E-state index contributed by atoms with van der Waals surface area (Å²) in [6.07, 6.45) is 0. The highest BCUT2D eigenvalue weighted by molar-refractivity contribution is 7.89. The number of nitrogens with one attached hydrogen (secondary N) is 1. The molecule has 1 saturated heterocycles. The number of carbonyl (C=O) groups excluding carboxylic acids is 2. The van der Waals surface area contributed by atoms with Gasteiger partial charge >= 0.3 is 6.03 Å². The zero-order valence-electron chi connectivity index (χ0n) is 10.5. The Morgan fingerprint density at radius 1 is 1.10 bits per heavy atom. The second kappa shape index (κ2) is 4.71. The number of benzene rings is 2. The van der Waals surface area contributed by atoms with Gasteiger partial charge in [0.2, 0.25) is 5.91 Å². The van der Waals surface area contributed by atoms with Crippen LogP contribution in [0, 0.1) is 0 Å². The van der Waals surface area contributed by atoms with Crippen LogP contribution in [-0.2, 0) is 14.8 Å². The van der Waals surface area contributed by atoms with Crippen LogP contribution < -0.4 is 5.32 Å². The molecule has 0 atom stereocenters. The minimum absolute atomic E-state index is 0.000786. The van der Waals surface area contributed by atoms with Gasteiger partial charge < -0.3 is 0 Å². The van der Waals surface area contributed by atoms with E-state index in [0.29, 0.717) is 9.69 Å². The minimum Gasteiger partial charge on any atom is -0.275 e. The first-order chi connectivity index (χ1) is 9.89. The molecule has 1 aliphatic heterocycles. The molecule has 108 valence electrons. The average molecular weight is 325 g/mol. The van der Waals surface area contributed by atoms with Gasteiger partial charge in [-0.2, -0.15) is 0 Å². The molecule has 0 radical (unpaired) electrons. The summed E-state index contributed by atoms with van der Waals surface area (Å²) < 4.78 is 25.4. The van der Waals surface area contributed by atoms with Crippen molar-refractivity contribution in [2.24, 2.45) is 0 Å². The monoisotopic (exact) mass is 324 g/mol. The smallest absolute Gasteiger partial charge is 0.275 e. The number of sulfonamides is 1. The Balaban J connectivity index is 2.17. The molecule has 1 fully saturated rings. The van der Waals surface area contributed by atoms with E-state index >= 15 is 0 Å². The van der Waals surface area contributed by atoms with E-state index < -0.39 is 28.5 Å². The first-order valence-electron chi connectivity index (χ1n) is 5.94. The lowest BCUT2D eigenvalue weighted by atomic mass is 10.1. The lowest BCUT2D eigenvalue weighted by Crippen LogP contribution is -2.34. The largest absolute Gasteiger partial charge is 0.338 e. The Bertz CT molecular complexity index is 879. The standard InChI is InChI=1S/C13H9ClN2O4S/c14-10-5-8-3-1-2-4-9(8)6-11(10)21(19,20)16-7-12(17)15-13(16)18/h1-6H,7H2,(H,15,17,18). The summed E-state index contributed by atoms with van der Waals surface area (Å²) in [7, 11) is -4.17. The first kappa shape index (κ1) is 13.8. The molecule has 1 aliphatic rings. The highest BCUT2D eigenvalue weighted by atomic mass is 35.5. The average Bonchev–Trinajstić information content (AvgIpc) is 2.77. The number of halogens is 1. The predicted molar refractivity (Wildman–Crippen MR) is 76.4 cm³/mol.